The van der Waals surface area contributed by atoms with E-state index in [4.69, 9.17) is 9.15 Å². The van der Waals surface area contributed by atoms with Gasteiger partial charge in [-0.15, -0.1) is 11.8 Å². The van der Waals surface area contributed by atoms with E-state index in [1.54, 1.807) is 0 Å². The molecule has 6 nitrogen and oxygen atoms in total. The number of amides is 1. The molecule has 0 saturated heterocycles. The first-order chi connectivity index (χ1) is 14.0. The molecule has 7 heteroatoms. The second-order valence-electron chi connectivity index (χ2n) is 6.73. The molecule has 2 heterocycles. The number of para-hydroxylation sites is 1. The number of thioether (sulfide) groups is 1. The molecule has 1 aromatic heterocycles. The predicted octanol–water partition coefficient (Wildman–Crippen LogP) is 3.90. The molecule has 0 saturated carbocycles. The van der Waals surface area contributed by atoms with Crippen LogP contribution in [0.2, 0.25) is 0 Å². The quantitative estimate of drug-likeness (QED) is 0.508. The van der Waals surface area contributed by atoms with Gasteiger partial charge in [0.15, 0.2) is 0 Å². The van der Waals surface area contributed by atoms with Gasteiger partial charge in [-0.1, -0.05) is 31.2 Å². The third kappa shape index (κ3) is 4.19. The van der Waals surface area contributed by atoms with Gasteiger partial charge in [-0.05, 0) is 30.2 Å². The molecule has 0 unspecified atom stereocenters. The van der Waals surface area contributed by atoms with E-state index in [0.29, 0.717) is 11.1 Å². The van der Waals surface area contributed by atoms with Crippen LogP contribution in [0.15, 0.2) is 62.6 Å². The van der Waals surface area contributed by atoms with Crippen molar-refractivity contribution in [2.24, 2.45) is 0 Å². The maximum Gasteiger partial charge on any atom is 0.336 e. The summed E-state index contributed by atoms with van der Waals surface area (Å²) >= 11 is 1.35. The van der Waals surface area contributed by atoms with E-state index in [0.717, 1.165) is 28.0 Å². The van der Waals surface area contributed by atoms with Crippen molar-refractivity contribution in [2.75, 3.05) is 5.32 Å². The zero-order valence-corrected chi connectivity index (χ0v) is 16.6. The zero-order chi connectivity index (χ0) is 20.4. The van der Waals surface area contributed by atoms with Crippen molar-refractivity contribution < 1.29 is 18.7 Å². The first-order valence-electron chi connectivity index (χ1n) is 9.31. The number of anilines is 1. The van der Waals surface area contributed by atoms with Crippen molar-refractivity contribution in [1.29, 1.82) is 0 Å². The fourth-order valence-corrected chi connectivity index (χ4v) is 4.30. The van der Waals surface area contributed by atoms with E-state index in [2.05, 4.69) is 5.32 Å². The van der Waals surface area contributed by atoms with Crippen molar-refractivity contribution in [2.45, 2.75) is 36.5 Å². The van der Waals surface area contributed by atoms with Crippen LogP contribution in [-0.4, -0.2) is 17.1 Å². The van der Waals surface area contributed by atoms with Gasteiger partial charge in [-0.25, -0.2) is 4.79 Å². The Hall–Kier alpha value is -3.06. The van der Waals surface area contributed by atoms with Crippen LogP contribution < -0.4 is 10.9 Å². The van der Waals surface area contributed by atoms with Crippen LogP contribution in [0.1, 0.15) is 24.5 Å². The minimum absolute atomic E-state index is 0.0514. The number of nitrogens with one attached hydrogen (secondary N) is 1. The number of hydrogen-bond acceptors (Lipinski definition) is 6. The summed E-state index contributed by atoms with van der Waals surface area (Å²) < 4.78 is 10.6. The third-order valence-corrected chi connectivity index (χ3v) is 6.03. The van der Waals surface area contributed by atoms with Gasteiger partial charge >= 0.3 is 11.6 Å². The fourth-order valence-electron chi connectivity index (χ4n) is 3.21. The average Bonchev–Trinajstić information content (AvgIpc) is 2.72. The molecule has 1 atom stereocenters. The molecule has 0 radical (unpaired) electrons. The molecule has 0 bridgehead atoms. The summed E-state index contributed by atoms with van der Waals surface area (Å²) in [4.78, 5) is 37.4. The van der Waals surface area contributed by atoms with Crippen LogP contribution >= 0.6 is 11.8 Å². The van der Waals surface area contributed by atoms with Crippen molar-refractivity contribution in [3.05, 3.63) is 70.1 Å². The number of carbonyl (C=O) groups excluding carboxylic acids is 2. The molecule has 29 heavy (non-hydrogen) atoms. The van der Waals surface area contributed by atoms with Gasteiger partial charge in [-0.3, -0.25) is 9.59 Å². The zero-order valence-electron chi connectivity index (χ0n) is 15.8. The van der Waals surface area contributed by atoms with E-state index in [1.165, 1.54) is 17.8 Å². The summed E-state index contributed by atoms with van der Waals surface area (Å²) in [6.07, 6.45) is 0.771. The lowest BCUT2D eigenvalue weighted by atomic mass is 10.1. The van der Waals surface area contributed by atoms with E-state index in [9.17, 15) is 14.4 Å². The summed E-state index contributed by atoms with van der Waals surface area (Å²) in [5.41, 5.74) is 2.37. The van der Waals surface area contributed by atoms with Crippen LogP contribution in [0.5, 0.6) is 0 Å². The lowest BCUT2D eigenvalue weighted by Crippen LogP contribution is -2.31. The van der Waals surface area contributed by atoms with Crippen LogP contribution in [0.4, 0.5) is 5.69 Å². The fraction of sp³-hybridized carbons (Fsp3) is 0.227. The lowest BCUT2D eigenvalue weighted by Gasteiger charge is -2.23. The normalized spacial score (nSPS) is 15.6. The Bertz CT molecular complexity index is 1150. The van der Waals surface area contributed by atoms with Crippen molar-refractivity contribution >= 4 is 40.3 Å². The highest BCUT2D eigenvalue weighted by Gasteiger charge is 2.29. The van der Waals surface area contributed by atoms with Crippen LogP contribution in [0.3, 0.4) is 0 Å². The minimum Gasteiger partial charge on any atom is -0.461 e. The van der Waals surface area contributed by atoms with Crippen molar-refractivity contribution in [3.8, 4) is 0 Å². The Morgan fingerprint density at radius 2 is 2.00 bits per heavy atom. The van der Waals surface area contributed by atoms with E-state index >= 15 is 0 Å². The van der Waals surface area contributed by atoms with Gasteiger partial charge in [0.05, 0.1) is 17.4 Å². The number of aryl methyl sites for hydroxylation is 1. The summed E-state index contributed by atoms with van der Waals surface area (Å²) in [5.74, 6) is -0.716. The predicted molar refractivity (Wildman–Crippen MR) is 111 cm³/mol. The van der Waals surface area contributed by atoms with E-state index < -0.39 is 16.8 Å². The second-order valence-corrected chi connectivity index (χ2v) is 7.98. The minimum atomic E-state index is -0.554. The first kappa shape index (κ1) is 19.3. The first-order valence-corrected chi connectivity index (χ1v) is 10.2. The Morgan fingerprint density at radius 3 is 2.83 bits per heavy atom. The topological polar surface area (TPSA) is 85.6 Å². The number of rotatable bonds is 5. The molecule has 1 aliphatic rings. The number of fused-ring (bicyclic) bond motifs is 2. The molecule has 1 N–H and O–H groups in total. The SMILES string of the molecule is CCc1ccc2c(COC(=O)C[C@@H]3Sc4ccccc4NC3=O)cc(=O)oc2c1. The molecule has 0 spiro atoms. The molecule has 3 aromatic rings. The maximum absolute atomic E-state index is 12.3. The standard InChI is InChI=1S/C22H19NO5S/c1-2-13-7-8-15-14(10-21(25)28-17(15)9-13)12-27-20(24)11-19-22(26)23-16-5-3-4-6-18(16)29-19/h3-10,19H,2,11-12H2,1H3,(H,23,26)/t19-/m0/s1. The Morgan fingerprint density at radius 1 is 1.17 bits per heavy atom. The van der Waals surface area contributed by atoms with E-state index in [1.807, 2.05) is 49.4 Å². The van der Waals surface area contributed by atoms with Crippen molar-refractivity contribution in [3.63, 3.8) is 0 Å². The van der Waals surface area contributed by atoms with Gasteiger partial charge in [-0.2, -0.15) is 0 Å². The van der Waals surface area contributed by atoms with Gasteiger partial charge in [0, 0.05) is 21.9 Å². The summed E-state index contributed by atoms with van der Waals surface area (Å²) in [6, 6.07) is 14.4. The lowest BCUT2D eigenvalue weighted by molar-refractivity contribution is -0.145. The Balaban J connectivity index is 1.45. The number of hydrogen-bond donors (Lipinski definition) is 1. The van der Waals surface area contributed by atoms with Gasteiger partial charge < -0.3 is 14.5 Å². The highest BCUT2D eigenvalue weighted by molar-refractivity contribution is 8.01. The second kappa shape index (κ2) is 8.13. The Labute approximate surface area is 171 Å². The maximum atomic E-state index is 12.3. The molecular weight excluding hydrogens is 390 g/mol. The summed E-state index contributed by atoms with van der Waals surface area (Å²) in [6.45, 7) is 1.96. The largest absolute Gasteiger partial charge is 0.461 e. The van der Waals surface area contributed by atoms with Crippen LogP contribution in [0, 0.1) is 0 Å². The van der Waals surface area contributed by atoms with Gasteiger partial charge in [0.25, 0.3) is 0 Å². The third-order valence-electron chi connectivity index (χ3n) is 4.75. The van der Waals surface area contributed by atoms with E-state index in [-0.39, 0.29) is 18.9 Å². The van der Waals surface area contributed by atoms with Crippen molar-refractivity contribution in [1.82, 2.24) is 0 Å². The highest BCUT2D eigenvalue weighted by Crippen LogP contribution is 2.36. The van der Waals surface area contributed by atoms with Crippen LogP contribution in [0.25, 0.3) is 11.0 Å². The molecule has 2 aromatic carbocycles. The number of carbonyl (C=O) groups is 2. The molecule has 1 amide bonds. The molecule has 0 fully saturated rings. The van der Waals surface area contributed by atoms with Crippen LogP contribution in [-0.2, 0) is 27.4 Å². The number of esters is 1. The highest BCUT2D eigenvalue weighted by atomic mass is 32.2. The molecule has 4 rings (SSSR count). The molecular formula is C22H19NO5S. The number of ether oxygens (including phenoxy) is 1. The monoisotopic (exact) mass is 409 g/mol. The van der Waals surface area contributed by atoms with Gasteiger partial charge in [0.2, 0.25) is 5.91 Å². The summed E-state index contributed by atoms with van der Waals surface area (Å²) in [7, 11) is 0. The van der Waals surface area contributed by atoms with Gasteiger partial charge in [0.1, 0.15) is 12.2 Å². The molecule has 1 aliphatic heterocycles. The smallest absolute Gasteiger partial charge is 0.336 e. The molecule has 0 aliphatic carbocycles. The summed E-state index contributed by atoms with van der Waals surface area (Å²) in [5, 5.41) is 2.99. The Kier molecular flexibility index (Phi) is 5.40. The number of benzene rings is 2. The molecule has 148 valence electrons. The average molecular weight is 409 g/mol.